The molecule has 2 aromatic carbocycles. The van der Waals surface area contributed by atoms with E-state index in [1.165, 1.54) is 36.9 Å². The van der Waals surface area contributed by atoms with Gasteiger partial charge in [0, 0.05) is 55.3 Å². The number of Topliss-reactive ketones (excluding diaryl/α,β-unsaturated/α-hetero) is 1. The van der Waals surface area contributed by atoms with Crippen molar-refractivity contribution < 1.29 is 17.8 Å². The first-order valence-corrected chi connectivity index (χ1v) is 13.2. The Hall–Kier alpha value is -2.22. The number of para-hydroxylation sites is 1. The molecule has 1 N–H and O–H groups in total. The lowest BCUT2D eigenvalue weighted by molar-refractivity contribution is 0.0908. The van der Waals surface area contributed by atoms with Crippen molar-refractivity contribution in [3.05, 3.63) is 65.7 Å². The number of benzene rings is 2. The summed E-state index contributed by atoms with van der Waals surface area (Å²) in [5.41, 5.74) is 3.81. The highest BCUT2D eigenvalue weighted by atomic mass is 32.2. The number of carbonyl (C=O) groups excluding carboxylic acids is 1. The average molecular weight is 457 g/mol. The molecule has 2 aliphatic carbocycles. The van der Waals surface area contributed by atoms with Gasteiger partial charge in [-0.3, -0.25) is 14.2 Å². The van der Waals surface area contributed by atoms with E-state index in [1.54, 1.807) is 0 Å². The van der Waals surface area contributed by atoms with Crippen molar-refractivity contribution in [2.24, 2.45) is 0 Å². The van der Waals surface area contributed by atoms with Crippen molar-refractivity contribution in [3.63, 3.8) is 0 Å². The molecule has 1 saturated carbocycles. The Labute approximate surface area is 191 Å². The summed E-state index contributed by atoms with van der Waals surface area (Å²) in [7, 11) is -3.67. The van der Waals surface area contributed by atoms with E-state index in [4.69, 9.17) is 4.55 Å². The topological polar surface area (TPSA) is 77.9 Å². The summed E-state index contributed by atoms with van der Waals surface area (Å²) in [6.07, 6.45) is 6.24. The summed E-state index contributed by atoms with van der Waals surface area (Å²) in [6, 6.07) is 19.8. The number of rotatable bonds is 2. The van der Waals surface area contributed by atoms with Crippen LogP contribution in [0.2, 0.25) is 0 Å². The molecule has 3 aliphatic rings. The smallest absolute Gasteiger partial charge is 0.261 e. The van der Waals surface area contributed by atoms with Crippen molar-refractivity contribution in [1.82, 2.24) is 4.90 Å². The molecule has 0 radical (unpaired) electrons. The van der Waals surface area contributed by atoms with Gasteiger partial charge in [0.25, 0.3) is 10.1 Å². The van der Waals surface area contributed by atoms with Crippen LogP contribution >= 0.6 is 0 Å². The summed E-state index contributed by atoms with van der Waals surface area (Å²) < 4.78 is 25.9. The van der Waals surface area contributed by atoms with Crippen molar-refractivity contribution in [3.8, 4) is 0 Å². The van der Waals surface area contributed by atoms with Crippen LogP contribution in [-0.4, -0.2) is 62.1 Å². The van der Waals surface area contributed by atoms with Crippen LogP contribution in [0.5, 0.6) is 0 Å². The Morgan fingerprint density at radius 1 is 0.906 bits per heavy atom. The van der Waals surface area contributed by atoms with Gasteiger partial charge >= 0.3 is 0 Å². The summed E-state index contributed by atoms with van der Waals surface area (Å²) in [5, 5.41) is 0. The van der Waals surface area contributed by atoms with Crippen LogP contribution in [0.15, 0.2) is 54.6 Å². The molecule has 0 aromatic heterocycles. The zero-order chi connectivity index (χ0) is 22.8. The fourth-order valence-corrected chi connectivity index (χ4v) is 5.64. The van der Waals surface area contributed by atoms with E-state index in [9.17, 15) is 13.2 Å². The summed E-state index contributed by atoms with van der Waals surface area (Å²) in [4.78, 5) is 17.7. The molecule has 1 heterocycles. The molecule has 1 aliphatic heterocycles. The molecule has 2 fully saturated rings. The maximum absolute atomic E-state index is 12.5. The number of piperazine rings is 1. The highest BCUT2D eigenvalue weighted by Crippen LogP contribution is 2.49. The molecule has 6 nitrogen and oxygen atoms in total. The normalized spacial score (nSPS) is 25.9. The lowest BCUT2D eigenvalue weighted by Crippen LogP contribution is -2.52. The van der Waals surface area contributed by atoms with Gasteiger partial charge in [0.15, 0.2) is 5.78 Å². The number of hydrogen-bond donors (Lipinski definition) is 1. The Bertz CT molecular complexity index is 1030. The molecule has 172 valence electrons. The fourth-order valence-electron chi connectivity index (χ4n) is 5.64. The lowest BCUT2D eigenvalue weighted by atomic mass is 9.68. The van der Waals surface area contributed by atoms with Crippen LogP contribution < -0.4 is 4.90 Å². The lowest BCUT2D eigenvalue weighted by Gasteiger charge is -2.45. The Balaban J connectivity index is 0.000000444. The van der Waals surface area contributed by atoms with Gasteiger partial charge < -0.3 is 4.90 Å². The minimum Gasteiger partial charge on any atom is -0.369 e. The molecule has 1 saturated heterocycles. The number of hydrogen-bond acceptors (Lipinski definition) is 5. The number of fused-ring (bicyclic) bond motifs is 2. The SMILES string of the molecule is CS(=O)(=O)O.O=C1CC2(CCC(N3CCN(c4ccccc4)CC3)CC2)c2ccccc21. The van der Waals surface area contributed by atoms with Crippen LogP contribution in [0, 0.1) is 0 Å². The highest BCUT2D eigenvalue weighted by Gasteiger charge is 2.45. The van der Waals surface area contributed by atoms with Gasteiger partial charge in [-0.2, -0.15) is 8.42 Å². The Morgan fingerprint density at radius 2 is 1.47 bits per heavy atom. The minimum atomic E-state index is -3.67. The molecule has 5 rings (SSSR count). The Morgan fingerprint density at radius 3 is 2.09 bits per heavy atom. The third kappa shape index (κ3) is 5.22. The van der Waals surface area contributed by atoms with Gasteiger partial charge in [-0.1, -0.05) is 42.5 Å². The second-order valence-corrected chi connectivity index (χ2v) is 10.7. The van der Waals surface area contributed by atoms with Gasteiger partial charge in [0.2, 0.25) is 0 Å². The van der Waals surface area contributed by atoms with Crippen LogP contribution in [0.4, 0.5) is 5.69 Å². The second-order valence-electron chi connectivity index (χ2n) is 9.25. The van der Waals surface area contributed by atoms with Gasteiger partial charge in [-0.05, 0) is 43.4 Å². The van der Waals surface area contributed by atoms with E-state index in [2.05, 4.69) is 52.3 Å². The quantitative estimate of drug-likeness (QED) is 0.693. The van der Waals surface area contributed by atoms with Crippen molar-refractivity contribution in [1.29, 1.82) is 0 Å². The van der Waals surface area contributed by atoms with E-state index >= 15 is 0 Å². The summed E-state index contributed by atoms with van der Waals surface area (Å²) in [5.74, 6) is 0.362. The first-order valence-electron chi connectivity index (χ1n) is 11.3. The molecule has 7 heteroatoms. The molecule has 32 heavy (non-hydrogen) atoms. The van der Waals surface area contributed by atoms with E-state index in [0.717, 1.165) is 38.2 Å². The fraction of sp³-hybridized carbons (Fsp3) is 0.480. The van der Waals surface area contributed by atoms with E-state index in [1.807, 2.05) is 12.1 Å². The first kappa shape index (κ1) is 23.0. The van der Waals surface area contributed by atoms with Crippen molar-refractivity contribution in [2.45, 2.75) is 43.6 Å². The maximum atomic E-state index is 12.5. The summed E-state index contributed by atoms with van der Waals surface area (Å²) >= 11 is 0. The molecule has 0 atom stereocenters. The van der Waals surface area contributed by atoms with Gasteiger partial charge in [0.1, 0.15) is 0 Å². The van der Waals surface area contributed by atoms with E-state index < -0.39 is 10.1 Å². The zero-order valence-corrected chi connectivity index (χ0v) is 19.4. The third-order valence-electron chi connectivity index (χ3n) is 7.16. The van der Waals surface area contributed by atoms with Gasteiger partial charge in [-0.25, -0.2) is 0 Å². The van der Waals surface area contributed by atoms with Gasteiger partial charge in [0.05, 0.1) is 6.26 Å². The minimum absolute atomic E-state index is 0.135. The largest absolute Gasteiger partial charge is 0.369 e. The predicted molar refractivity (Wildman–Crippen MR) is 127 cm³/mol. The molecule has 0 amide bonds. The molecule has 1 spiro atoms. The van der Waals surface area contributed by atoms with Gasteiger partial charge in [-0.15, -0.1) is 0 Å². The standard InChI is InChI=1S/C24H28N2O.CH4O3S/c27-23-18-24(22-9-5-4-8-21(22)23)12-10-20(11-13-24)26-16-14-25(15-17-26)19-6-2-1-3-7-19;1-5(2,3)4/h1-9,20H,10-18H2;1H3,(H,2,3,4). The van der Waals surface area contributed by atoms with Crippen molar-refractivity contribution in [2.75, 3.05) is 37.3 Å². The maximum Gasteiger partial charge on any atom is 0.261 e. The van der Waals surface area contributed by atoms with Crippen LogP contribution in [-0.2, 0) is 15.5 Å². The summed E-state index contributed by atoms with van der Waals surface area (Å²) in [6.45, 7) is 4.55. The number of nitrogens with zero attached hydrogens (tertiary/aromatic N) is 2. The van der Waals surface area contributed by atoms with Crippen LogP contribution in [0.1, 0.15) is 48.0 Å². The average Bonchev–Trinajstić information content (AvgIpc) is 3.05. The zero-order valence-electron chi connectivity index (χ0n) is 18.6. The van der Waals surface area contributed by atoms with Crippen molar-refractivity contribution >= 4 is 21.6 Å². The molecular weight excluding hydrogens is 424 g/mol. The number of ketones is 1. The highest BCUT2D eigenvalue weighted by molar-refractivity contribution is 7.85. The van der Waals surface area contributed by atoms with E-state index in [-0.39, 0.29) is 5.41 Å². The monoisotopic (exact) mass is 456 g/mol. The van der Waals surface area contributed by atoms with Crippen LogP contribution in [0.3, 0.4) is 0 Å². The van der Waals surface area contributed by atoms with E-state index in [0.29, 0.717) is 18.1 Å². The predicted octanol–water partition coefficient (Wildman–Crippen LogP) is 3.78. The Kier molecular flexibility index (Phi) is 6.70. The number of anilines is 1. The third-order valence-corrected chi connectivity index (χ3v) is 7.16. The molecule has 0 unspecified atom stereocenters. The molecule has 2 aromatic rings. The molecular formula is C25H32N2O4S. The first-order chi connectivity index (χ1) is 15.3. The molecule has 0 bridgehead atoms. The second kappa shape index (κ2) is 9.33. The van der Waals surface area contributed by atoms with Crippen LogP contribution in [0.25, 0.3) is 0 Å². The number of carbonyl (C=O) groups is 1.